The van der Waals surface area contributed by atoms with E-state index in [-0.39, 0.29) is 17.1 Å². The van der Waals surface area contributed by atoms with Gasteiger partial charge in [-0.3, -0.25) is 4.79 Å². The number of ketones is 1. The normalized spacial score (nSPS) is 42.5. The standard InChI is InChI=1S/C18H21NO3/c1-19-8-7-18-11-4-5-13(20)17(18)22-16-14(21-2)6-3-10(15(16)18)9-12(11)19/h3,6,11-12,17H,4-5,7-9H2,1-2H3/t11-,12+,17?,18-/m0/s1/i12D. The number of methoxy groups -OCH3 is 1. The monoisotopic (exact) mass is 300 g/mol. The summed E-state index contributed by atoms with van der Waals surface area (Å²) in [6.45, 7) is 0.837. The Morgan fingerprint density at radius 1 is 1.50 bits per heavy atom. The number of carbonyl (C=O) groups excluding carboxylic acids is 1. The maximum Gasteiger partial charge on any atom is 0.174 e. The Morgan fingerprint density at radius 2 is 2.36 bits per heavy atom. The summed E-state index contributed by atoms with van der Waals surface area (Å²) in [6.07, 6.45) is 2.48. The van der Waals surface area contributed by atoms with Crippen LogP contribution in [0.3, 0.4) is 0 Å². The highest BCUT2D eigenvalue weighted by molar-refractivity contribution is 5.89. The topological polar surface area (TPSA) is 38.8 Å². The molecule has 2 aliphatic heterocycles. The second-order valence-electron chi connectivity index (χ2n) is 7.07. The van der Waals surface area contributed by atoms with Gasteiger partial charge >= 0.3 is 0 Å². The van der Waals surface area contributed by atoms with Crippen LogP contribution in [0.1, 0.15) is 31.8 Å². The molecule has 2 heterocycles. The largest absolute Gasteiger partial charge is 0.493 e. The molecule has 1 spiro atoms. The predicted octanol–water partition coefficient (Wildman–Crippen LogP) is 1.93. The van der Waals surface area contributed by atoms with Crippen LogP contribution in [0.5, 0.6) is 11.5 Å². The van der Waals surface area contributed by atoms with Crippen LogP contribution < -0.4 is 9.47 Å². The van der Waals surface area contributed by atoms with E-state index in [1.807, 2.05) is 6.07 Å². The van der Waals surface area contributed by atoms with E-state index in [0.717, 1.165) is 36.4 Å². The number of piperidine rings is 1. The van der Waals surface area contributed by atoms with Gasteiger partial charge in [0.15, 0.2) is 23.4 Å². The van der Waals surface area contributed by atoms with Crippen LogP contribution >= 0.6 is 0 Å². The molecule has 1 unspecified atom stereocenters. The first-order chi connectivity index (χ1) is 11.0. The molecule has 1 aromatic carbocycles. The Kier molecular flexibility index (Phi) is 2.20. The van der Waals surface area contributed by atoms with E-state index in [0.29, 0.717) is 12.8 Å². The summed E-state index contributed by atoms with van der Waals surface area (Å²) in [5, 5.41) is 0. The summed E-state index contributed by atoms with van der Waals surface area (Å²) in [6, 6.07) is 3.36. The van der Waals surface area contributed by atoms with Gasteiger partial charge in [-0.1, -0.05) is 6.07 Å². The zero-order chi connectivity index (χ0) is 16.0. The molecule has 0 radical (unpaired) electrons. The summed E-state index contributed by atoms with van der Waals surface area (Å²) in [5.74, 6) is 1.83. The fourth-order valence-corrected chi connectivity index (χ4v) is 5.39. The minimum atomic E-state index is -0.635. The predicted molar refractivity (Wildman–Crippen MR) is 81.6 cm³/mol. The third-order valence-corrected chi connectivity index (χ3v) is 6.32. The molecule has 1 saturated carbocycles. The maximum atomic E-state index is 12.7. The molecule has 22 heavy (non-hydrogen) atoms. The SMILES string of the molecule is [2H][C@]12Cc3ccc(OC)c4c3[C@@]3(CCN1C)C(O4)C(=O)CC[C@H]32. The lowest BCUT2D eigenvalue weighted by Gasteiger charge is -2.57. The summed E-state index contributed by atoms with van der Waals surface area (Å²) in [7, 11) is 3.70. The molecule has 2 fully saturated rings. The van der Waals surface area contributed by atoms with Crippen LogP contribution in [-0.4, -0.2) is 43.5 Å². The fraction of sp³-hybridized carbons (Fsp3) is 0.611. The van der Waals surface area contributed by atoms with Gasteiger partial charge in [0, 0.05) is 24.8 Å². The van der Waals surface area contributed by atoms with Crippen molar-refractivity contribution >= 4 is 5.78 Å². The van der Waals surface area contributed by atoms with E-state index in [1.165, 1.54) is 5.56 Å². The Bertz CT molecular complexity index is 735. The molecule has 116 valence electrons. The van der Waals surface area contributed by atoms with Gasteiger partial charge in [0.05, 0.1) is 7.11 Å². The van der Waals surface area contributed by atoms with Gasteiger partial charge in [0.25, 0.3) is 0 Å². The third-order valence-electron chi connectivity index (χ3n) is 6.32. The van der Waals surface area contributed by atoms with Gasteiger partial charge < -0.3 is 14.4 Å². The lowest BCUT2D eigenvalue weighted by Crippen LogP contribution is -2.65. The van der Waals surface area contributed by atoms with Gasteiger partial charge in [0.1, 0.15) is 0 Å². The highest BCUT2D eigenvalue weighted by Gasteiger charge is 2.65. The molecule has 0 aromatic heterocycles. The number of rotatable bonds is 1. The van der Waals surface area contributed by atoms with Gasteiger partial charge in [-0.25, -0.2) is 0 Å². The molecule has 5 rings (SSSR count). The van der Waals surface area contributed by atoms with Crippen LogP contribution in [0.15, 0.2) is 12.1 Å². The average Bonchev–Trinajstić information content (AvgIpc) is 2.89. The molecular weight excluding hydrogens is 278 g/mol. The summed E-state index contributed by atoms with van der Waals surface area (Å²) >= 11 is 0. The number of hydrogen-bond acceptors (Lipinski definition) is 4. The van der Waals surface area contributed by atoms with Crippen LogP contribution in [0.2, 0.25) is 0 Å². The van der Waals surface area contributed by atoms with Crippen molar-refractivity contribution in [1.29, 1.82) is 0 Å². The van der Waals surface area contributed by atoms with Crippen molar-refractivity contribution < 1.29 is 15.6 Å². The second kappa shape index (κ2) is 4.05. The van der Waals surface area contributed by atoms with Crippen molar-refractivity contribution in [2.75, 3.05) is 20.7 Å². The molecule has 4 aliphatic rings. The van der Waals surface area contributed by atoms with E-state index < -0.39 is 12.1 Å². The van der Waals surface area contributed by atoms with E-state index in [1.54, 1.807) is 7.11 Å². The second-order valence-corrected chi connectivity index (χ2v) is 7.07. The molecule has 2 aliphatic carbocycles. The highest BCUT2D eigenvalue weighted by atomic mass is 16.5. The molecule has 0 N–H and O–H groups in total. The number of nitrogens with zero attached hydrogens (tertiary/aromatic N) is 1. The van der Waals surface area contributed by atoms with Gasteiger partial charge in [-0.2, -0.15) is 0 Å². The lowest BCUT2D eigenvalue weighted by atomic mass is 9.52. The average molecular weight is 300 g/mol. The van der Waals surface area contributed by atoms with E-state index >= 15 is 0 Å². The van der Waals surface area contributed by atoms with E-state index in [9.17, 15) is 6.17 Å². The van der Waals surface area contributed by atoms with Crippen LogP contribution in [-0.2, 0) is 16.6 Å². The Labute approximate surface area is 131 Å². The summed E-state index contributed by atoms with van der Waals surface area (Å²) in [4.78, 5) is 14.8. The van der Waals surface area contributed by atoms with Crippen molar-refractivity contribution in [2.24, 2.45) is 5.92 Å². The molecule has 4 heteroatoms. The molecule has 4 nitrogen and oxygen atoms in total. The van der Waals surface area contributed by atoms with Crippen molar-refractivity contribution in [3.05, 3.63) is 23.3 Å². The van der Waals surface area contributed by atoms with Crippen LogP contribution in [0.25, 0.3) is 0 Å². The number of ether oxygens (including phenoxy) is 2. The van der Waals surface area contributed by atoms with Crippen molar-refractivity contribution in [3.63, 3.8) is 0 Å². The minimum Gasteiger partial charge on any atom is -0.493 e. The quantitative estimate of drug-likeness (QED) is 0.794. The van der Waals surface area contributed by atoms with Crippen molar-refractivity contribution in [3.8, 4) is 11.5 Å². The highest BCUT2D eigenvalue weighted by Crippen LogP contribution is 2.62. The number of carbonyl (C=O) groups is 1. The Balaban J connectivity index is 1.84. The molecule has 1 saturated heterocycles. The number of likely N-dealkylation sites (N-methyl/N-ethyl adjacent to an activating group) is 1. The van der Waals surface area contributed by atoms with Crippen LogP contribution in [0, 0.1) is 5.92 Å². The first-order valence-corrected chi connectivity index (χ1v) is 8.13. The molecular formula is C18H21NO3. The molecule has 0 amide bonds. The van der Waals surface area contributed by atoms with Gasteiger partial charge in [-0.15, -0.1) is 0 Å². The molecule has 1 aromatic rings. The van der Waals surface area contributed by atoms with Gasteiger partial charge in [0.2, 0.25) is 0 Å². The minimum absolute atomic E-state index is 0.150. The zero-order valence-electron chi connectivity index (χ0n) is 14.0. The van der Waals surface area contributed by atoms with Crippen molar-refractivity contribution in [2.45, 2.75) is 43.2 Å². The number of Topliss-reactive ketones (excluding diaryl/α,β-unsaturated/α-hetero) is 1. The summed E-state index contributed by atoms with van der Waals surface area (Å²) in [5.41, 5.74) is 2.02. The Morgan fingerprint density at radius 3 is 3.18 bits per heavy atom. The van der Waals surface area contributed by atoms with Crippen molar-refractivity contribution in [1.82, 2.24) is 4.90 Å². The van der Waals surface area contributed by atoms with Gasteiger partial charge in [-0.05, 0) is 50.4 Å². The fourth-order valence-electron chi connectivity index (χ4n) is 5.39. The number of benzene rings is 1. The molecule has 4 atom stereocenters. The third kappa shape index (κ3) is 1.27. The first kappa shape index (κ1) is 11.9. The Hall–Kier alpha value is -1.55. The number of hydrogen-bond donors (Lipinski definition) is 0. The maximum absolute atomic E-state index is 12.7. The van der Waals surface area contributed by atoms with Crippen LogP contribution in [0.4, 0.5) is 0 Å². The zero-order valence-corrected chi connectivity index (χ0v) is 13.0. The number of likely N-dealkylation sites (tertiary alicyclic amines) is 1. The van der Waals surface area contributed by atoms with E-state index in [4.69, 9.17) is 9.47 Å². The first-order valence-electron chi connectivity index (χ1n) is 8.63. The lowest BCUT2D eigenvalue weighted by molar-refractivity contribution is -0.138. The van der Waals surface area contributed by atoms with E-state index in [2.05, 4.69) is 18.0 Å². The molecule has 2 bridgehead atoms. The summed E-state index contributed by atoms with van der Waals surface area (Å²) < 4.78 is 20.9. The smallest absolute Gasteiger partial charge is 0.174 e.